The van der Waals surface area contributed by atoms with Gasteiger partial charge in [0.2, 0.25) is 5.91 Å². The van der Waals surface area contributed by atoms with Crippen LogP contribution >= 0.6 is 0 Å². The van der Waals surface area contributed by atoms with Crippen LogP contribution in [0.25, 0.3) is 0 Å². The predicted octanol–water partition coefficient (Wildman–Crippen LogP) is 1.09. The summed E-state index contributed by atoms with van der Waals surface area (Å²) < 4.78 is 29.7. The van der Waals surface area contributed by atoms with Crippen molar-refractivity contribution < 1.29 is 27.9 Å². The van der Waals surface area contributed by atoms with Gasteiger partial charge in [-0.3, -0.25) is 4.79 Å². The Hall–Kier alpha value is -2.49. The Kier molecular flexibility index (Phi) is 5.29. The van der Waals surface area contributed by atoms with Gasteiger partial charge in [-0.15, -0.1) is 0 Å². The summed E-state index contributed by atoms with van der Waals surface area (Å²) in [4.78, 5) is 27.8. The summed E-state index contributed by atoms with van der Waals surface area (Å²) in [5.74, 6) is 0.156. The zero-order valence-electron chi connectivity index (χ0n) is 16.9. The van der Waals surface area contributed by atoms with Crippen molar-refractivity contribution in [1.29, 1.82) is 0 Å². The molecule has 9 nitrogen and oxygen atoms in total. The lowest BCUT2D eigenvalue weighted by Gasteiger charge is -2.37. The minimum absolute atomic E-state index is 0.00103. The van der Waals surface area contributed by atoms with Gasteiger partial charge in [0.1, 0.15) is 5.75 Å². The molecule has 2 saturated heterocycles. The second-order valence-corrected chi connectivity index (χ2v) is 10.5. The van der Waals surface area contributed by atoms with Gasteiger partial charge in [-0.05, 0) is 50.5 Å². The average Bonchev–Trinajstić information content (AvgIpc) is 3.30. The van der Waals surface area contributed by atoms with Crippen LogP contribution in [0.5, 0.6) is 5.75 Å². The van der Waals surface area contributed by atoms with Crippen LogP contribution in [-0.2, 0) is 14.6 Å². The van der Waals surface area contributed by atoms with Gasteiger partial charge in [-0.1, -0.05) is 0 Å². The number of anilines is 1. The third-order valence-electron chi connectivity index (χ3n) is 6.32. The number of likely N-dealkylation sites (tertiary alicyclic amines) is 1. The third-order valence-corrected chi connectivity index (χ3v) is 8.83. The van der Waals surface area contributed by atoms with Crippen LogP contribution in [0.3, 0.4) is 0 Å². The molecule has 0 radical (unpaired) electrons. The maximum atomic E-state index is 13.2. The van der Waals surface area contributed by atoms with Gasteiger partial charge in [-0.2, -0.15) is 0 Å². The highest BCUT2D eigenvalue weighted by Crippen LogP contribution is 2.48. The summed E-state index contributed by atoms with van der Waals surface area (Å²) in [6, 6.07) is 8.07. The fourth-order valence-corrected chi connectivity index (χ4v) is 6.52. The average molecular weight is 438 g/mol. The van der Waals surface area contributed by atoms with Crippen LogP contribution in [-0.4, -0.2) is 79.2 Å². The summed E-state index contributed by atoms with van der Waals surface area (Å²) in [6.45, 7) is 3.54. The number of amides is 2. The number of carbonyl (C=O) groups is 2. The predicted molar refractivity (Wildman–Crippen MR) is 111 cm³/mol. The summed E-state index contributed by atoms with van der Waals surface area (Å²) in [5, 5.41) is 10.7. The molecule has 4 rings (SSSR count). The molecule has 10 heteroatoms. The Morgan fingerprint density at radius 3 is 2.43 bits per heavy atom. The summed E-state index contributed by atoms with van der Waals surface area (Å²) in [7, 11) is -3.72. The summed E-state index contributed by atoms with van der Waals surface area (Å²) in [5.41, 5.74) is 1.08. The molecular formula is C20H27N3O6S. The Balaban J connectivity index is 1.40. The van der Waals surface area contributed by atoms with E-state index in [1.807, 2.05) is 31.2 Å². The number of ether oxygens (including phenoxy) is 1. The SMILES string of the molecule is CCOc1ccc(N2C[C@@H]3C[C@H]2CN3C(=O)C2(S(=O)(=O)CCNC(=O)O)CC2)cc1. The van der Waals surface area contributed by atoms with E-state index in [1.54, 1.807) is 4.90 Å². The second-order valence-electron chi connectivity index (χ2n) is 8.13. The molecule has 1 aromatic carbocycles. The largest absolute Gasteiger partial charge is 0.494 e. The summed E-state index contributed by atoms with van der Waals surface area (Å²) >= 11 is 0. The third kappa shape index (κ3) is 3.57. The zero-order valence-corrected chi connectivity index (χ0v) is 17.7. The van der Waals surface area contributed by atoms with E-state index < -0.39 is 20.7 Å². The maximum Gasteiger partial charge on any atom is 0.404 e. The van der Waals surface area contributed by atoms with Crippen molar-refractivity contribution in [2.24, 2.45) is 0 Å². The second kappa shape index (κ2) is 7.64. The highest BCUT2D eigenvalue weighted by molar-refractivity contribution is 7.93. The van der Waals surface area contributed by atoms with Gasteiger partial charge in [0.15, 0.2) is 14.6 Å². The van der Waals surface area contributed by atoms with E-state index in [0.717, 1.165) is 17.9 Å². The van der Waals surface area contributed by atoms with Gasteiger partial charge in [0.05, 0.1) is 18.4 Å². The topological polar surface area (TPSA) is 116 Å². The molecule has 1 saturated carbocycles. The molecule has 0 spiro atoms. The van der Waals surface area contributed by atoms with Crippen LogP contribution < -0.4 is 15.0 Å². The Bertz CT molecular complexity index is 928. The molecule has 0 unspecified atom stereocenters. The number of hydrogen-bond donors (Lipinski definition) is 2. The number of sulfone groups is 1. The number of benzene rings is 1. The first kappa shape index (κ1) is 20.8. The lowest BCUT2D eigenvalue weighted by atomic mass is 10.2. The fraction of sp³-hybridized carbons (Fsp3) is 0.600. The molecule has 2 heterocycles. The van der Waals surface area contributed by atoms with E-state index in [-0.39, 0.29) is 30.3 Å². The van der Waals surface area contributed by atoms with E-state index in [2.05, 4.69) is 10.2 Å². The number of carboxylic acid groups (broad SMARTS) is 1. The van der Waals surface area contributed by atoms with Crippen molar-refractivity contribution in [2.75, 3.05) is 36.9 Å². The lowest BCUT2D eigenvalue weighted by Crippen LogP contribution is -2.54. The molecule has 2 amide bonds. The first-order valence-corrected chi connectivity index (χ1v) is 11.9. The molecule has 0 aromatic heterocycles. The van der Waals surface area contributed by atoms with E-state index in [4.69, 9.17) is 9.84 Å². The van der Waals surface area contributed by atoms with Crippen molar-refractivity contribution in [2.45, 2.75) is 43.0 Å². The van der Waals surface area contributed by atoms with Gasteiger partial charge in [0.25, 0.3) is 0 Å². The number of hydrogen-bond acceptors (Lipinski definition) is 6. The van der Waals surface area contributed by atoms with E-state index in [0.29, 0.717) is 32.5 Å². The fourth-order valence-electron chi connectivity index (χ4n) is 4.65. The van der Waals surface area contributed by atoms with E-state index in [9.17, 15) is 18.0 Å². The molecule has 3 aliphatic rings. The molecule has 2 aliphatic heterocycles. The molecule has 2 atom stereocenters. The first-order chi connectivity index (χ1) is 14.3. The number of carbonyl (C=O) groups excluding carboxylic acids is 1. The maximum absolute atomic E-state index is 13.2. The number of piperazine rings is 1. The monoisotopic (exact) mass is 437 g/mol. The van der Waals surface area contributed by atoms with Crippen LogP contribution in [0, 0.1) is 0 Å². The van der Waals surface area contributed by atoms with Crippen LogP contribution in [0.15, 0.2) is 24.3 Å². The van der Waals surface area contributed by atoms with E-state index >= 15 is 0 Å². The van der Waals surface area contributed by atoms with Gasteiger partial charge < -0.3 is 25.0 Å². The highest BCUT2D eigenvalue weighted by atomic mass is 32.2. The zero-order chi connectivity index (χ0) is 21.5. The molecule has 2 N–H and O–H groups in total. The van der Waals surface area contributed by atoms with Crippen molar-refractivity contribution in [3.63, 3.8) is 0 Å². The molecule has 2 bridgehead atoms. The van der Waals surface area contributed by atoms with E-state index in [1.165, 1.54) is 0 Å². The minimum Gasteiger partial charge on any atom is -0.494 e. The Morgan fingerprint density at radius 2 is 1.90 bits per heavy atom. The van der Waals surface area contributed by atoms with Crippen molar-refractivity contribution in [1.82, 2.24) is 10.2 Å². The standard InChI is InChI=1S/C20H27N3O6S/c1-2-29-17-5-3-14(4-6-17)22-12-16-11-15(22)13-23(16)18(24)20(7-8-20)30(27,28)10-9-21-19(25)26/h3-6,15-16,21H,2,7-13H2,1H3,(H,25,26)/t15-,16-/m0/s1. The van der Waals surface area contributed by atoms with Gasteiger partial charge in [-0.25, -0.2) is 13.2 Å². The Labute approximate surface area is 175 Å². The summed E-state index contributed by atoms with van der Waals surface area (Å²) in [6.07, 6.45) is 0.193. The normalized spacial score (nSPS) is 24.0. The number of fused-ring (bicyclic) bond motifs is 2. The lowest BCUT2D eigenvalue weighted by molar-refractivity contribution is -0.132. The number of nitrogens with zero attached hydrogens (tertiary/aromatic N) is 2. The van der Waals surface area contributed by atoms with Crippen LogP contribution in [0.4, 0.5) is 10.5 Å². The van der Waals surface area contributed by atoms with Crippen LogP contribution in [0.1, 0.15) is 26.2 Å². The Morgan fingerprint density at radius 1 is 1.20 bits per heavy atom. The molecule has 1 aromatic rings. The molecule has 30 heavy (non-hydrogen) atoms. The van der Waals surface area contributed by atoms with Crippen molar-refractivity contribution in [3.05, 3.63) is 24.3 Å². The first-order valence-electron chi connectivity index (χ1n) is 10.3. The molecule has 1 aliphatic carbocycles. The minimum atomic E-state index is -3.72. The van der Waals surface area contributed by atoms with Crippen molar-refractivity contribution >= 4 is 27.5 Å². The number of nitrogens with one attached hydrogen (secondary N) is 1. The molecule has 164 valence electrons. The molecular weight excluding hydrogens is 410 g/mol. The quantitative estimate of drug-likeness (QED) is 0.625. The van der Waals surface area contributed by atoms with Gasteiger partial charge in [0, 0.05) is 31.4 Å². The smallest absolute Gasteiger partial charge is 0.404 e. The molecule has 3 fully saturated rings. The number of rotatable bonds is 8. The highest BCUT2D eigenvalue weighted by Gasteiger charge is 2.63. The van der Waals surface area contributed by atoms with Crippen LogP contribution in [0.2, 0.25) is 0 Å². The van der Waals surface area contributed by atoms with Gasteiger partial charge >= 0.3 is 6.09 Å². The van der Waals surface area contributed by atoms with Crippen molar-refractivity contribution in [3.8, 4) is 5.75 Å².